The van der Waals surface area contributed by atoms with Crippen molar-refractivity contribution in [3.8, 4) is 0 Å². The number of rotatable bonds is 3. The fraction of sp³-hybridized carbons (Fsp3) is 0.857. The van der Waals surface area contributed by atoms with Crippen LogP contribution in [-0.2, 0) is 9.53 Å². The average Bonchev–Trinajstić information content (AvgIpc) is 1.93. The summed E-state index contributed by atoms with van der Waals surface area (Å²) in [5, 5.41) is -1.73. The van der Waals surface area contributed by atoms with Gasteiger partial charge in [-0.15, -0.1) is 0 Å². The van der Waals surface area contributed by atoms with Gasteiger partial charge in [0.25, 0.3) is 0 Å². The fourth-order valence-electron chi connectivity index (χ4n) is 1.61. The van der Waals surface area contributed by atoms with Crippen LogP contribution >= 0.6 is 0 Å². The number of carbonyl (C=O) groups is 1. The van der Waals surface area contributed by atoms with Crippen molar-refractivity contribution in [2.24, 2.45) is 0 Å². The Hall–Kier alpha value is 0.961. The van der Waals surface area contributed by atoms with Crippen molar-refractivity contribution in [1.82, 2.24) is 0 Å². The van der Waals surface area contributed by atoms with Crippen LogP contribution in [0.15, 0.2) is 0 Å². The van der Waals surface area contributed by atoms with E-state index in [0.29, 0.717) is 6.42 Å². The van der Waals surface area contributed by atoms with E-state index in [-0.39, 0.29) is 64.2 Å². The first kappa shape index (κ1) is 15.0. The third-order valence-electron chi connectivity index (χ3n) is 2.77. The molecule has 0 aromatic rings. The van der Waals surface area contributed by atoms with Gasteiger partial charge in [0.2, 0.25) is 0 Å². The average molecular weight is 234 g/mol. The minimum atomic E-state index is -4.92. The molecule has 0 saturated heterocycles. The Morgan fingerprint density at radius 2 is 1.93 bits per heavy atom. The molecular formula is C7H11BF3KO2. The molecule has 1 aliphatic rings. The molecule has 0 unspecified atom stereocenters. The van der Waals surface area contributed by atoms with Crippen molar-refractivity contribution in [3.63, 3.8) is 0 Å². The van der Waals surface area contributed by atoms with Crippen molar-refractivity contribution >= 4 is 12.9 Å². The minimum absolute atomic E-state index is 0. The first-order valence-corrected chi connectivity index (χ1v) is 4.17. The molecule has 14 heavy (non-hydrogen) atoms. The molecule has 0 aromatic carbocycles. The van der Waals surface area contributed by atoms with E-state index in [1.807, 2.05) is 0 Å². The summed E-state index contributed by atoms with van der Waals surface area (Å²) in [6.45, 7) is -4.92. The van der Waals surface area contributed by atoms with E-state index in [9.17, 15) is 17.7 Å². The number of hydrogen-bond acceptors (Lipinski definition) is 2. The minimum Gasteiger partial charge on any atom is -0.469 e. The molecule has 0 spiro atoms. The summed E-state index contributed by atoms with van der Waals surface area (Å²) in [7, 11) is 1.11. The molecule has 1 rings (SSSR count). The van der Waals surface area contributed by atoms with E-state index in [1.165, 1.54) is 0 Å². The molecule has 0 heterocycles. The number of ether oxygens (including phenoxy) is 1. The Bertz CT molecular complexity index is 215. The van der Waals surface area contributed by atoms with Crippen LogP contribution in [0.25, 0.3) is 0 Å². The Kier molecular flexibility index (Phi) is 5.70. The number of carbonyl (C=O) groups excluding carboxylic acids is 1. The maximum atomic E-state index is 12.5. The number of hydrogen-bond donors (Lipinski definition) is 0. The fourth-order valence-corrected chi connectivity index (χ4v) is 1.61. The molecule has 1 saturated carbocycles. The Balaban J connectivity index is 0.00000169. The monoisotopic (exact) mass is 234 g/mol. The van der Waals surface area contributed by atoms with Gasteiger partial charge in [-0.1, -0.05) is 24.6 Å². The van der Waals surface area contributed by atoms with E-state index in [4.69, 9.17) is 0 Å². The summed E-state index contributed by atoms with van der Waals surface area (Å²) in [6, 6.07) is 0. The molecular weight excluding hydrogens is 223 g/mol. The van der Waals surface area contributed by atoms with Gasteiger partial charge in [0.15, 0.2) is 0 Å². The normalized spacial score (nSPS) is 19.1. The van der Waals surface area contributed by atoms with E-state index >= 15 is 0 Å². The standard InChI is InChI=1S/C7H11BF3O2.K/c1-13-6(12)5-7(3-2-4-7)8(9,10)11;/h2-5H2,1H3;/q-1;+1. The van der Waals surface area contributed by atoms with E-state index in [0.717, 1.165) is 7.11 Å². The van der Waals surface area contributed by atoms with Gasteiger partial charge in [0, 0.05) is 6.42 Å². The van der Waals surface area contributed by atoms with Gasteiger partial charge in [-0.05, 0) is 0 Å². The molecule has 1 fully saturated rings. The van der Waals surface area contributed by atoms with Crippen LogP contribution in [0.2, 0.25) is 5.31 Å². The molecule has 0 N–H and O–H groups in total. The van der Waals surface area contributed by atoms with Gasteiger partial charge >= 0.3 is 64.3 Å². The zero-order valence-corrected chi connectivity index (χ0v) is 11.5. The summed E-state index contributed by atoms with van der Waals surface area (Å²) < 4.78 is 41.8. The zero-order valence-electron chi connectivity index (χ0n) is 8.36. The predicted octanol–water partition coefficient (Wildman–Crippen LogP) is -0.675. The Morgan fingerprint density at radius 3 is 2.14 bits per heavy atom. The number of halogens is 3. The van der Waals surface area contributed by atoms with Gasteiger partial charge < -0.3 is 17.7 Å². The number of esters is 1. The van der Waals surface area contributed by atoms with Crippen LogP contribution in [0.3, 0.4) is 0 Å². The third-order valence-corrected chi connectivity index (χ3v) is 2.77. The topological polar surface area (TPSA) is 26.3 Å². The number of methoxy groups -OCH3 is 1. The van der Waals surface area contributed by atoms with Crippen LogP contribution in [0, 0.1) is 0 Å². The van der Waals surface area contributed by atoms with E-state index in [2.05, 4.69) is 4.74 Å². The molecule has 7 heteroatoms. The van der Waals surface area contributed by atoms with Crippen LogP contribution in [-0.4, -0.2) is 20.1 Å². The van der Waals surface area contributed by atoms with Crippen LogP contribution in [0.1, 0.15) is 25.7 Å². The first-order chi connectivity index (χ1) is 5.91. The molecule has 0 atom stereocenters. The van der Waals surface area contributed by atoms with Crippen molar-refractivity contribution in [2.75, 3.05) is 7.11 Å². The summed E-state index contributed by atoms with van der Waals surface area (Å²) >= 11 is 0. The molecule has 0 amide bonds. The SMILES string of the molecule is COC(=O)CC1([B-](F)(F)F)CCC1.[K+]. The molecule has 2 nitrogen and oxygen atoms in total. The second-order valence-corrected chi connectivity index (χ2v) is 3.54. The van der Waals surface area contributed by atoms with Gasteiger partial charge in [-0.3, -0.25) is 4.79 Å². The van der Waals surface area contributed by atoms with E-state index in [1.54, 1.807) is 0 Å². The Labute approximate surface area is 123 Å². The molecule has 0 bridgehead atoms. The van der Waals surface area contributed by atoms with Crippen molar-refractivity contribution in [2.45, 2.75) is 31.0 Å². The predicted molar refractivity (Wildman–Crippen MR) is 42.3 cm³/mol. The summed E-state index contributed by atoms with van der Waals surface area (Å²) in [5.74, 6) is -0.765. The molecule has 76 valence electrons. The third kappa shape index (κ3) is 2.98. The second-order valence-electron chi connectivity index (χ2n) is 3.54. The summed E-state index contributed by atoms with van der Waals surface area (Å²) in [6.07, 6.45) is 0.197. The maximum Gasteiger partial charge on any atom is 1.00 e. The summed E-state index contributed by atoms with van der Waals surface area (Å²) in [4.78, 5) is 10.8. The Morgan fingerprint density at radius 1 is 1.43 bits per heavy atom. The van der Waals surface area contributed by atoms with E-state index < -0.39 is 24.7 Å². The molecule has 1 aliphatic carbocycles. The smallest absolute Gasteiger partial charge is 0.469 e. The van der Waals surface area contributed by atoms with Crippen LogP contribution in [0.5, 0.6) is 0 Å². The molecule has 0 aromatic heterocycles. The molecule has 0 radical (unpaired) electrons. The van der Waals surface area contributed by atoms with Crippen LogP contribution < -0.4 is 51.4 Å². The van der Waals surface area contributed by atoms with Gasteiger partial charge in [0.05, 0.1) is 7.11 Å². The van der Waals surface area contributed by atoms with Gasteiger partial charge in [-0.2, -0.15) is 0 Å². The van der Waals surface area contributed by atoms with Crippen molar-refractivity contribution in [3.05, 3.63) is 0 Å². The first-order valence-electron chi connectivity index (χ1n) is 4.17. The van der Waals surface area contributed by atoms with Gasteiger partial charge in [-0.25, -0.2) is 0 Å². The summed E-state index contributed by atoms with van der Waals surface area (Å²) in [5.41, 5.74) is 0. The van der Waals surface area contributed by atoms with Crippen molar-refractivity contribution < 1.29 is 73.9 Å². The zero-order chi connectivity index (χ0) is 10.1. The van der Waals surface area contributed by atoms with Crippen molar-refractivity contribution in [1.29, 1.82) is 0 Å². The molecule has 0 aliphatic heterocycles. The largest absolute Gasteiger partial charge is 1.00 e. The maximum absolute atomic E-state index is 12.5. The second kappa shape index (κ2) is 5.34. The van der Waals surface area contributed by atoms with Crippen LogP contribution in [0.4, 0.5) is 12.9 Å². The van der Waals surface area contributed by atoms with Gasteiger partial charge in [0.1, 0.15) is 0 Å². The quantitative estimate of drug-likeness (QED) is 0.478.